The number of amides is 1. The molecule has 0 aliphatic carbocycles. The topological polar surface area (TPSA) is 75.5 Å². The Hall–Kier alpha value is -2.71. The fourth-order valence-electron chi connectivity index (χ4n) is 4.42. The van der Waals surface area contributed by atoms with Gasteiger partial charge in [-0.25, -0.2) is 13.4 Å². The summed E-state index contributed by atoms with van der Waals surface area (Å²) in [5.74, 6) is 0.864. The zero-order chi connectivity index (χ0) is 23.4. The minimum Gasteiger partial charge on any atom is -0.339 e. The van der Waals surface area contributed by atoms with Crippen LogP contribution in [0.3, 0.4) is 0 Å². The highest BCUT2D eigenvalue weighted by atomic mass is 32.2. The minimum atomic E-state index is -3.50. The molecule has 8 heteroatoms. The van der Waals surface area contributed by atoms with Crippen molar-refractivity contribution in [3.05, 3.63) is 59.9 Å². The Morgan fingerprint density at radius 2 is 1.79 bits per heavy atom. The number of carbonyl (C=O) groups is 1. The molecule has 0 radical (unpaired) electrons. The van der Waals surface area contributed by atoms with E-state index in [9.17, 15) is 13.2 Å². The van der Waals surface area contributed by atoms with E-state index in [0.717, 1.165) is 36.2 Å². The number of aryl methyl sites for hydroxylation is 2. The lowest BCUT2D eigenvalue weighted by Crippen LogP contribution is -2.35. The van der Waals surface area contributed by atoms with Crippen LogP contribution in [0.25, 0.3) is 11.0 Å². The molecule has 0 bridgehead atoms. The van der Waals surface area contributed by atoms with Crippen LogP contribution in [-0.4, -0.2) is 52.7 Å². The molecule has 1 aliphatic rings. The van der Waals surface area contributed by atoms with Crippen LogP contribution < -0.4 is 0 Å². The lowest BCUT2D eigenvalue weighted by molar-refractivity contribution is -0.131. The quantitative estimate of drug-likeness (QED) is 0.505. The Morgan fingerprint density at radius 1 is 1.06 bits per heavy atom. The summed E-state index contributed by atoms with van der Waals surface area (Å²) in [5.41, 5.74) is 2.62. The monoisotopic (exact) mass is 468 g/mol. The van der Waals surface area contributed by atoms with Crippen LogP contribution in [0.15, 0.2) is 53.4 Å². The van der Waals surface area contributed by atoms with Gasteiger partial charge in [-0.1, -0.05) is 36.8 Å². The first kappa shape index (κ1) is 23.4. The van der Waals surface area contributed by atoms with E-state index >= 15 is 0 Å². The maximum Gasteiger partial charge on any atom is 0.243 e. The van der Waals surface area contributed by atoms with E-state index in [-0.39, 0.29) is 10.8 Å². The largest absolute Gasteiger partial charge is 0.339 e. The summed E-state index contributed by atoms with van der Waals surface area (Å²) in [6.45, 7) is 4.38. The summed E-state index contributed by atoms with van der Waals surface area (Å²) in [6, 6.07) is 15.1. The molecule has 2 heterocycles. The number of nitrogens with zero attached hydrogens (tertiary/aromatic N) is 4. The highest BCUT2D eigenvalue weighted by molar-refractivity contribution is 7.89. The van der Waals surface area contributed by atoms with E-state index in [0.29, 0.717) is 44.5 Å². The van der Waals surface area contributed by atoms with Crippen molar-refractivity contribution in [2.45, 2.75) is 50.5 Å². The lowest BCUT2D eigenvalue weighted by Gasteiger charge is -2.25. The van der Waals surface area contributed by atoms with Gasteiger partial charge in [0, 0.05) is 46.1 Å². The second-order valence-electron chi connectivity index (χ2n) is 8.60. The Kier molecular flexibility index (Phi) is 7.14. The molecule has 33 heavy (non-hydrogen) atoms. The molecule has 4 rings (SSSR count). The molecule has 1 saturated heterocycles. The molecule has 1 aliphatic heterocycles. The van der Waals surface area contributed by atoms with E-state index in [1.165, 1.54) is 0 Å². The van der Waals surface area contributed by atoms with Crippen molar-refractivity contribution < 1.29 is 13.2 Å². The van der Waals surface area contributed by atoms with Crippen molar-refractivity contribution in [2.75, 3.05) is 19.6 Å². The predicted octanol–water partition coefficient (Wildman–Crippen LogP) is 3.73. The standard InChI is InChI=1S/C25H32N4O3S/c1-3-28(19-20-10-6-4-7-11-20)25(30)15-14-24-26-22-18-21(12-13-23(22)27(24)2)33(31,32)29-16-8-5-9-17-29/h4,6-7,10-13,18H,3,5,8-9,14-17,19H2,1-2H3. The number of fused-ring (bicyclic) bond motifs is 1. The van der Waals surface area contributed by atoms with Gasteiger partial charge in [0.2, 0.25) is 15.9 Å². The second-order valence-corrected chi connectivity index (χ2v) is 10.5. The number of hydrogen-bond acceptors (Lipinski definition) is 4. The van der Waals surface area contributed by atoms with Crippen LogP contribution >= 0.6 is 0 Å². The zero-order valence-electron chi connectivity index (χ0n) is 19.4. The van der Waals surface area contributed by atoms with Crippen LogP contribution in [0.2, 0.25) is 0 Å². The maximum atomic E-state index is 13.0. The van der Waals surface area contributed by atoms with Crippen LogP contribution in [0.4, 0.5) is 0 Å². The third-order valence-corrected chi connectivity index (χ3v) is 8.31. The molecule has 0 atom stereocenters. The molecule has 2 aromatic carbocycles. The van der Waals surface area contributed by atoms with Crippen molar-refractivity contribution >= 4 is 27.0 Å². The van der Waals surface area contributed by atoms with Crippen LogP contribution in [0.5, 0.6) is 0 Å². The third kappa shape index (κ3) is 5.12. The first-order chi connectivity index (χ1) is 15.9. The number of sulfonamides is 1. The van der Waals surface area contributed by atoms with Gasteiger partial charge in [0.25, 0.3) is 0 Å². The van der Waals surface area contributed by atoms with Gasteiger partial charge in [0.05, 0.1) is 15.9 Å². The van der Waals surface area contributed by atoms with Crippen LogP contribution in [-0.2, 0) is 34.8 Å². The van der Waals surface area contributed by atoms with E-state index in [2.05, 4.69) is 4.98 Å². The molecular formula is C25H32N4O3S. The van der Waals surface area contributed by atoms with Gasteiger partial charge < -0.3 is 9.47 Å². The van der Waals surface area contributed by atoms with Gasteiger partial charge in [-0.3, -0.25) is 4.79 Å². The molecule has 0 N–H and O–H groups in total. The Morgan fingerprint density at radius 3 is 2.48 bits per heavy atom. The van der Waals surface area contributed by atoms with Crippen molar-refractivity contribution in [3.8, 4) is 0 Å². The second kappa shape index (κ2) is 10.1. The van der Waals surface area contributed by atoms with E-state index in [4.69, 9.17) is 0 Å². The minimum absolute atomic E-state index is 0.0850. The SMILES string of the molecule is CCN(Cc1ccccc1)C(=O)CCc1nc2cc(S(=O)(=O)N3CCCCC3)ccc2n1C. The fourth-order valence-corrected chi connectivity index (χ4v) is 5.96. The molecule has 0 spiro atoms. The van der Waals surface area contributed by atoms with Crippen molar-refractivity contribution in [2.24, 2.45) is 7.05 Å². The first-order valence-corrected chi connectivity index (χ1v) is 13.1. The first-order valence-electron chi connectivity index (χ1n) is 11.7. The normalized spacial score (nSPS) is 15.1. The molecule has 176 valence electrons. The average molecular weight is 469 g/mol. The Balaban J connectivity index is 1.48. The van der Waals surface area contributed by atoms with Gasteiger partial charge in [0.1, 0.15) is 5.82 Å². The van der Waals surface area contributed by atoms with Crippen molar-refractivity contribution in [1.82, 2.24) is 18.8 Å². The van der Waals surface area contributed by atoms with Gasteiger partial charge in [-0.15, -0.1) is 0 Å². The molecule has 0 saturated carbocycles. The van der Waals surface area contributed by atoms with Gasteiger partial charge in [-0.2, -0.15) is 4.31 Å². The number of hydrogen-bond donors (Lipinski definition) is 0. The molecule has 1 fully saturated rings. The summed E-state index contributed by atoms with van der Waals surface area (Å²) in [5, 5.41) is 0. The number of aromatic nitrogens is 2. The molecule has 1 amide bonds. The Bertz CT molecular complexity index is 1220. The summed E-state index contributed by atoms with van der Waals surface area (Å²) in [7, 11) is -1.59. The van der Waals surface area contributed by atoms with E-state index in [1.54, 1.807) is 16.4 Å². The summed E-state index contributed by atoms with van der Waals surface area (Å²) in [6.07, 6.45) is 3.75. The predicted molar refractivity (Wildman–Crippen MR) is 129 cm³/mol. The molecule has 7 nitrogen and oxygen atoms in total. The van der Waals surface area contributed by atoms with Crippen LogP contribution in [0.1, 0.15) is 44.0 Å². The molecule has 3 aromatic rings. The lowest BCUT2D eigenvalue weighted by atomic mass is 10.2. The number of rotatable bonds is 8. The third-order valence-electron chi connectivity index (χ3n) is 6.41. The van der Waals surface area contributed by atoms with E-state index in [1.807, 2.05) is 59.8 Å². The number of imidazole rings is 1. The average Bonchev–Trinajstić information content (AvgIpc) is 3.17. The maximum absolute atomic E-state index is 13.0. The summed E-state index contributed by atoms with van der Waals surface area (Å²) >= 11 is 0. The van der Waals surface area contributed by atoms with Gasteiger partial charge in [-0.05, 0) is 43.5 Å². The van der Waals surface area contributed by atoms with Crippen molar-refractivity contribution in [1.29, 1.82) is 0 Å². The van der Waals surface area contributed by atoms with Crippen LogP contribution in [0, 0.1) is 0 Å². The van der Waals surface area contributed by atoms with Crippen molar-refractivity contribution in [3.63, 3.8) is 0 Å². The zero-order valence-corrected chi connectivity index (χ0v) is 20.2. The Labute approximate surface area is 196 Å². The summed E-state index contributed by atoms with van der Waals surface area (Å²) in [4.78, 5) is 19.7. The molecule has 1 aromatic heterocycles. The number of benzene rings is 2. The van der Waals surface area contributed by atoms with E-state index < -0.39 is 10.0 Å². The van der Waals surface area contributed by atoms with Gasteiger partial charge in [0.15, 0.2) is 0 Å². The highest BCUT2D eigenvalue weighted by Gasteiger charge is 2.26. The smallest absolute Gasteiger partial charge is 0.243 e. The summed E-state index contributed by atoms with van der Waals surface area (Å²) < 4.78 is 29.6. The molecular weight excluding hydrogens is 436 g/mol. The number of carbonyl (C=O) groups excluding carboxylic acids is 1. The van der Waals surface area contributed by atoms with Gasteiger partial charge >= 0.3 is 0 Å². The fraction of sp³-hybridized carbons (Fsp3) is 0.440. The number of piperidine rings is 1. The molecule has 0 unspecified atom stereocenters. The highest BCUT2D eigenvalue weighted by Crippen LogP contribution is 2.25.